The quantitative estimate of drug-likeness (QED) is 0.841. The third kappa shape index (κ3) is 3.82. The molecule has 1 aromatic rings. The molecule has 0 spiro atoms. The van der Waals surface area contributed by atoms with Gasteiger partial charge in [0.05, 0.1) is 29.5 Å². The van der Waals surface area contributed by atoms with Crippen LogP contribution >= 0.6 is 11.6 Å². The van der Waals surface area contributed by atoms with Gasteiger partial charge in [-0.1, -0.05) is 11.6 Å². The van der Waals surface area contributed by atoms with Gasteiger partial charge in [-0.3, -0.25) is 4.90 Å². The van der Waals surface area contributed by atoms with Crippen molar-refractivity contribution in [3.63, 3.8) is 0 Å². The smallest absolute Gasteiger partial charge is 0.181 e. The minimum Gasteiger partial charge on any atom is -0.398 e. The molecule has 1 saturated heterocycles. The van der Waals surface area contributed by atoms with Crippen molar-refractivity contribution >= 4 is 27.1 Å². The largest absolute Gasteiger partial charge is 0.398 e. The van der Waals surface area contributed by atoms with Gasteiger partial charge >= 0.3 is 0 Å². The Morgan fingerprint density at radius 1 is 1.32 bits per heavy atom. The molecule has 1 heterocycles. The predicted molar refractivity (Wildman–Crippen MR) is 75.2 cm³/mol. The van der Waals surface area contributed by atoms with Crippen LogP contribution in [-0.4, -0.2) is 51.9 Å². The molecule has 1 aliphatic rings. The second kappa shape index (κ2) is 6.09. The topological polar surface area (TPSA) is 72.6 Å². The van der Waals surface area contributed by atoms with Crippen molar-refractivity contribution in [1.29, 1.82) is 0 Å². The van der Waals surface area contributed by atoms with Crippen LogP contribution in [0, 0.1) is 0 Å². The molecule has 5 nitrogen and oxygen atoms in total. The molecule has 0 radical (unpaired) electrons. The fourth-order valence-electron chi connectivity index (χ4n) is 1.99. The molecule has 0 amide bonds. The first kappa shape index (κ1) is 14.6. The summed E-state index contributed by atoms with van der Waals surface area (Å²) < 4.78 is 29.7. The normalized spacial score (nSPS) is 17.5. The maximum absolute atomic E-state index is 12.2. The van der Waals surface area contributed by atoms with Crippen molar-refractivity contribution in [3.8, 4) is 0 Å². The number of sulfone groups is 1. The Balaban J connectivity index is 2.05. The number of hydrogen-bond donors (Lipinski definition) is 1. The molecule has 7 heteroatoms. The molecular weight excluding hydrogens is 288 g/mol. The van der Waals surface area contributed by atoms with Crippen LogP contribution < -0.4 is 5.73 Å². The van der Waals surface area contributed by atoms with Gasteiger partial charge in [-0.05, 0) is 18.2 Å². The number of nitrogens with two attached hydrogens (primary N) is 1. The highest BCUT2D eigenvalue weighted by atomic mass is 35.5. The van der Waals surface area contributed by atoms with Gasteiger partial charge in [0.1, 0.15) is 0 Å². The lowest BCUT2D eigenvalue weighted by Gasteiger charge is -2.26. The first-order valence-corrected chi connectivity index (χ1v) is 8.10. The van der Waals surface area contributed by atoms with Crippen molar-refractivity contribution in [2.75, 3.05) is 44.3 Å². The zero-order valence-electron chi connectivity index (χ0n) is 10.5. The number of benzene rings is 1. The van der Waals surface area contributed by atoms with Crippen LogP contribution in [0.5, 0.6) is 0 Å². The standard InChI is InChI=1S/C12H17ClN2O3S/c13-10-1-2-12(11(14)9-10)19(16,17)8-5-15-3-6-18-7-4-15/h1-2,9H,3-8,14H2. The van der Waals surface area contributed by atoms with Gasteiger partial charge in [-0.15, -0.1) is 0 Å². The Kier molecular flexibility index (Phi) is 4.67. The average molecular weight is 305 g/mol. The molecule has 0 aliphatic carbocycles. The second-order valence-electron chi connectivity index (χ2n) is 4.46. The third-order valence-electron chi connectivity index (χ3n) is 3.09. The molecule has 106 valence electrons. The zero-order valence-corrected chi connectivity index (χ0v) is 12.1. The van der Waals surface area contributed by atoms with E-state index >= 15 is 0 Å². The minimum atomic E-state index is -3.37. The van der Waals surface area contributed by atoms with Gasteiger partial charge < -0.3 is 10.5 Å². The average Bonchev–Trinajstić information content (AvgIpc) is 2.37. The second-order valence-corrected chi connectivity index (χ2v) is 6.97. The highest BCUT2D eigenvalue weighted by Crippen LogP contribution is 2.23. The lowest BCUT2D eigenvalue weighted by atomic mass is 10.3. The van der Waals surface area contributed by atoms with E-state index < -0.39 is 9.84 Å². The van der Waals surface area contributed by atoms with E-state index in [4.69, 9.17) is 22.1 Å². The number of rotatable bonds is 4. The van der Waals surface area contributed by atoms with Crippen LogP contribution in [0.1, 0.15) is 0 Å². The maximum Gasteiger partial charge on any atom is 0.181 e. The van der Waals surface area contributed by atoms with Crippen LogP contribution in [0.25, 0.3) is 0 Å². The Labute approximate surface area is 118 Å². The van der Waals surface area contributed by atoms with Crippen molar-refractivity contribution < 1.29 is 13.2 Å². The Bertz CT molecular complexity index is 542. The van der Waals surface area contributed by atoms with Gasteiger partial charge in [0.25, 0.3) is 0 Å². The Morgan fingerprint density at radius 3 is 2.63 bits per heavy atom. The SMILES string of the molecule is Nc1cc(Cl)ccc1S(=O)(=O)CCN1CCOCC1. The summed E-state index contributed by atoms with van der Waals surface area (Å²) in [4.78, 5) is 2.23. The summed E-state index contributed by atoms with van der Waals surface area (Å²) in [5.41, 5.74) is 5.92. The van der Waals surface area contributed by atoms with E-state index in [0.717, 1.165) is 13.1 Å². The van der Waals surface area contributed by atoms with Gasteiger partial charge in [0.2, 0.25) is 0 Å². The summed E-state index contributed by atoms with van der Waals surface area (Å²) in [5, 5.41) is 0.435. The summed E-state index contributed by atoms with van der Waals surface area (Å²) in [7, 11) is -3.37. The van der Waals surface area contributed by atoms with Gasteiger partial charge in [0.15, 0.2) is 9.84 Å². The molecular formula is C12H17ClN2O3S. The first-order valence-electron chi connectivity index (χ1n) is 6.07. The van der Waals surface area contributed by atoms with E-state index in [-0.39, 0.29) is 16.3 Å². The molecule has 1 fully saturated rings. The van der Waals surface area contributed by atoms with Crippen LogP contribution in [0.15, 0.2) is 23.1 Å². The van der Waals surface area contributed by atoms with Crippen LogP contribution in [0.4, 0.5) is 5.69 Å². The number of nitrogen functional groups attached to an aromatic ring is 1. The van der Waals surface area contributed by atoms with Crippen molar-refractivity contribution in [2.45, 2.75) is 4.90 Å². The number of halogens is 1. The molecule has 0 saturated carbocycles. The number of ether oxygens (including phenoxy) is 1. The van der Waals surface area contributed by atoms with E-state index in [1.54, 1.807) is 6.07 Å². The number of morpholine rings is 1. The fourth-order valence-corrected chi connectivity index (χ4v) is 3.58. The maximum atomic E-state index is 12.2. The van der Waals surface area contributed by atoms with Gasteiger partial charge in [0, 0.05) is 24.7 Å². The summed E-state index contributed by atoms with van der Waals surface area (Å²) >= 11 is 5.77. The van der Waals surface area contributed by atoms with Crippen molar-refractivity contribution in [2.24, 2.45) is 0 Å². The predicted octanol–water partition coefficient (Wildman–Crippen LogP) is 1.03. The monoisotopic (exact) mass is 304 g/mol. The lowest BCUT2D eigenvalue weighted by molar-refractivity contribution is 0.0408. The Hall–Kier alpha value is -0.820. The summed E-state index contributed by atoms with van der Waals surface area (Å²) in [6.45, 7) is 3.34. The van der Waals surface area contributed by atoms with Crippen LogP contribution in [0.3, 0.4) is 0 Å². The van der Waals surface area contributed by atoms with E-state index in [0.29, 0.717) is 24.8 Å². The molecule has 1 aliphatic heterocycles. The van der Waals surface area contributed by atoms with Crippen LogP contribution in [-0.2, 0) is 14.6 Å². The Morgan fingerprint density at radius 2 is 2.00 bits per heavy atom. The van der Waals surface area contributed by atoms with Crippen molar-refractivity contribution in [1.82, 2.24) is 4.90 Å². The van der Waals surface area contributed by atoms with Crippen molar-refractivity contribution in [3.05, 3.63) is 23.2 Å². The first-order chi connectivity index (χ1) is 8.99. The van der Waals surface area contributed by atoms with Gasteiger partial charge in [-0.2, -0.15) is 0 Å². The van der Waals surface area contributed by atoms with E-state index in [1.807, 2.05) is 0 Å². The number of anilines is 1. The molecule has 0 unspecified atom stereocenters. The van der Waals surface area contributed by atoms with E-state index in [9.17, 15) is 8.42 Å². The molecule has 0 bridgehead atoms. The molecule has 2 N–H and O–H groups in total. The van der Waals surface area contributed by atoms with Crippen LogP contribution in [0.2, 0.25) is 5.02 Å². The van der Waals surface area contributed by atoms with E-state index in [2.05, 4.69) is 4.90 Å². The molecule has 0 aromatic heterocycles. The fraction of sp³-hybridized carbons (Fsp3) is 0.500. The zero-order chi connectivity index (χ0) is 13.9. The highest BCUT2D eigenvalue weighted by Gasteiger charge is 2.20. The number of nitrogens with zero attached hydrogens (tertiary/aromatic N) is 1. The molecule has 1 aromatic carbocycles. The molecule has 2 rings (SSSR count). The summed E-state index contributed by atoms with van der Waals surface area (Å²) in [5.74, 6) is 0.0544. The van der Waals surface area contributed by atoms with E-state index in [1.165, 1.54) is 12.1 Å². The summed E-state index contributed by atoms with van der Waals surface area (Å²) in [6.07, 6.45) is 0. The lowest BCUT2D eigenvalue weighted by Crippen LogP contribution is -2.39. The molecule has 19 heavy (non-hydrogen) atoms. The molecule has 0 atom stereocenters. The minimum absolute atomic E-state index is 0.0544. The third-order valence-corrected chi connectivity index (χ3v) is 5.08. The highest BCUT2D eigenvalue weighted by molar-refractivity contribution is 7.91. The summed E-state index contributed by atoms with van der Waals surface area (Å²) in [6, 6.07) is 4.47. The number of hydrogen-bond acceptors (Lipinski definition) is 5. The van der Waals surface area contributed by atoms with Gasteiger partial charge in [-0.25, -0.2) is 8.42 Å².